The Kier molecular flexibility index (Phi) is 2.73. The first-order valence-electron chi connectivity index (χ1n) is 6.06. The van der Waals surface area contributed by atoms with Crippen LogP contribution in [0.4, 0.5) is 0 Å². The van der Waals surface area contributed by atoms with Crippen molar-refractivity contribution >= 4 is 10.9 Å². The number of nitrogens with zero attached hydrogens (tertiary/aromatic N) is 3. The van der Waals surface area contributed by atoms with Crippen LogP contribution in [0, 0.1) is 18.3 Å². The Labute approximate surface area is 110 Å². The summed E-state index contributed by atoms with van der Waals surface area (Å²) in [5.41, 5.74) is 4.10. The van der Waals surface area contributed by atoms with E-state index in [2.05, 4.69) is 27.1 Å². The molecule has 3 aromatic rings. The fourth-order valence-electron chi connectivity index (χ4n) is 2.30. The first-order valence-corrected chi connectivity index (χ1v) is 6.06. The molecule has 0 fully saturated rings. The normalized spacial score (nSPS) is 10.5. The number of aromatic nitrogens is 3. The summed E-state index contributed by atoms with van der Waals surface area (Å²) in [6.45, 7) is 2.03. The second-order valence-corrected chi connectivity index (χ2v) is 4.36. The molecule has 0 aliphatic heterocycles. The van der Waals surface area contributed by atoms with Crippen molar-refractivity contribution in [1.82, 2.24) is 15.0 Å². The zero-order valence-electron chi connectivity index (χ0n) is 10.5. The van der Waals surface area contributed by atoms with Gasteiger partial charge in [-0.2, -0.15) is 5.26 Å². The van der Waals surface area contributed by atoms with Gasteiger partial charge in [-0.3, -0.25) is 0 Å². The van der Waals surface area contributed by atoms with Crippen LogP contribution in [0.3, 0.4) is 0 Å². The molecule has 92 valence electrons. The van der Waals surface area contributed by atoms with Crippen molar-refractivity contribution in [3.8, 4) is 17.3 Å². The molecule has 0 unspecified atom stereocenters. The second kappa shape index (κ2) is 4.54. The molecule has 0 amide bonds. The molecule has 2 aromatic heterocycles. The van der Waals surface area contributed by atoms with Crippen LogP contribution in [0.5, 0.6) is 0 Å². The van der Waals surface area contributed by atoms with E-state index >= 15 is 0 Å². The van der Waals surface area contributed by atoms with Gasteiger partial charge in [0.2, 0.25) is 0 Å². The minimum Gasteiger partial charge on any atom is -0.358 e. The highest BCUT2D eigenvalue weighted by atomic mass is 14.9. The molecule has 0 saturated carbocycles. The second-order valence-electron chi connectivity index (χ2n) is 4.36. The largest absolute Gasteiger partial charge is 0.358 e. The Morgan fingerprint density at radius 3 is 2.95 bits per heavy atom. The predicted octanol–water partition coefficient (Wildman–Crippen LogP) is 3.00. The molecule has 1 aromatic carbocycles. The van der Waals surface area contributed by atoms with Crippen LogP contribution in [-0.2, 0) is 6.42 Å². The van der Waals surface area contributed by atoms with Crippen molar-refractivity contribution in [2.45, 2.75) is 13.3 Å². The quantitative estimate of drug-likeness (QED) is 0.758. The molecule has 19 heavy (non-hydrogen) atoms. The van der Waals surface area contributed by atoms with Gasteiger partial charge in [0, 0.05) is 28.4 Å². The average Bonchev–Trinajstić information content (AvgIpc) is 2.75. The number of hydrogen-bond donors (Lipinski definition) is 1. The van der Waals surface area contributed by atoms with E-state index in [1.807, 2.05) is 31.2 Å². The van der Waals surface area contributed by atoms with Crippen LogP contribution in [0.25, 0.3) is 22.2 Å². The molecule has 0 saturated heterocycles. The van der Waals surface area contributed by atoms with Crippen LogP contribution >= 0.6 is 0 Å². The summed E-state index contributed by atoms with van der Waals surface area (Å²) in [5.74, 6) is 0.560. The van der Waals surface area contributed by atoms with Crippen LogP contribution in [0.15, 0.2) is 36.5 Å². The number of aryl methyl sites for hydroxylation is 1. The van der Waals surface area contributed by atoms with Crippen LogP contribution in [-0.4, -0.2) is 15.0 Å². The zero-order chi connectivity index (χ0) is 13.2. The number of nitrogens with one attached hydrogen (secondary N) is 1. The van der Waals surface area contributed by atoms with Crippen molar-refractivity contribution in [3.63, 3.8) is 0 Å². The Morgan fingerprint density at radius 1 is 1.26 bits per heavy atom. The molecule has 0 atom stereocenters. The van der Waals surface area contributed by atoms with Gasteiger partial charge < -0.3 is 4.98 Å². The summed E-state index contributed by atoms with van der Waals surface area (Å²) >= 11 is 0. The third-order valence-electron chi connectivity index (χ3n) is 3.09. The van der Waals surface area contributed by atoms with Crippen molar-refractivity contribution in [3.05, 3.63) is 48.0 Å². The lowest BCUT2D eigenvalue weighted by Gasteiger charge is -2.02. The third kappa shape index (κ3) is 1.95. The highest BCUT2D eigenvalue weighted by molar-refractivity contribution is 5.96. The van der Waals surface area contributed by atoms with E-state index in [0.29, 0.717) is 5.82 Å². The predicted molar refractivity (Wildman–Crippen MR) is 73.4 cm³/mol. The summed E-state index contributed by atoms with van der Waals surface area (Å²) in [7, 11) is 0. The smallest absolute Gasteiger partial charge is 0.142 e. The Hall–Kier alpha value is -2.67. The fraction of sp³-hybridized carbons (Fsp3) is 0.133. The van der Waals surface area contributed by atoms with Crippen LogP contribution in [0.2, 0.25) is 0 Å². The van der Waals surface area contributed by atoms with Gasteiger partial charge in [-0.05, 0) is 19.1 Å². The van der Waals surface area contributed by atoms with E-state index in [1.54, 1.807) is 6.20 Å². The molecule has 0 radical (unpaired) electrons. The SMILES string of the molecule is Cc1[nH]c2ccccc2c1-c1ccnc(CC#N)n1. The van der Waals surface area contributed by atoms with E-state index in [4.69, 9.17) is 5.26 Å². The van der Waals surface area contributed by atoms with Gasteiger partial charge in [0.15, 0.2) is 0 Å². The highest BCUT2D eigenvalue weighted by Gasteiger charge is 2.11. The number of benzene rings is 1. The highest BCUT2D eigenvalue weighted by Crippen LogP contribution is 2.30. The monoisotopic (exact) mass is 248 g/mol. The number of fused-ring (bicyclic) bond motifs is 1. The van der Waals surface area contributed by atoms with Crippen LogP contribution < -0.4 is 0 Å². The van der Waals surface area contributed by atoms with Crippen molar-refractivity contribution in [1.29, 1.82) is 5.26 Å². The van der Waals surface area contributed by atoms with E-state index in [0.717, 1.165) is 27.9 Å². The van der Waals surface area contributed by atoms with Crippen molar-refractivity contribution in [2.24, 2.45) is 0 Å². The molecular weight excluding hydrogens is 236 g/mol. The van der Waals surface area contributed by atoms with Gasteiger partial charge in [-0.1, -0.05) is 18.2 Å². The summed E-state index contributed by atoms with van der Waals surface area (Å²) < 4.78 is 0. The van der Waals surface area contributed by atoms with Crippen LogP contribution in [0.1, 0.15) is 11.5 Å². The maximum absolute atomic E-state index is 8.73. The van der Waals surface area contributed by atoms with E-state index in [1.165, 1.54) is 0 Å². The minimum absolute atomic E-state index is 0.231. The Balaban J connectivity index is 2.22. The third-order valence-corrected chi connectivity index (χ3v) is 3.09. The first-order chi connectivity index (χ1) is 9.29. The fourth-order valence-corrected chi connectivity index (χ4v) is 2.30. The van der Waals surface area contributed by atoms with Gasteiger partial charge in [0.05, 0.1) is 18.2 Å². The van der Waals surface area contributed by atoms with E-state index in [-0.39, 0.29) is 6.42 Å². The molecule has 0 aliphatic carbocycles. The van der Waals surface area contributed by atoms with Crippen molar-refractivity contribution < 1.29 is 0 Å². The van der Waals surface area contributed by atoms with Gasteiger partial charge in [-0.15, -0.1) is 0 Å². The number of aromatic amines is 1. The van der Waals surface area contributed by atoms with E-state index < -0.39 is 0 Å². The lowest BCUT2D eigenvalue weighted by molar-refractivity contribution is 0.999. The number of rotatable bonds is 2. The number of para-hydroxylation sites is 1. The Bertz CT molecular complexity index is 780. The molecule has 4 heteroatoms. The summed E-state index contributed by atoms with van der Waals surface area (Å²) in [4.78, 5) is 11.9. The van der Waals surface area contributed by atoms with Gasteiger partial charge >= 0.3 is 0 Å². The molecule has 0 bridgehead atoms. The Morgan fingerprint density at radius 2 is 2.11 bits per heavy atom. The number of hydrogen-bond acceptors (Lipinski definition) is 3. The van der Waals surface area contributed by atoms with Gasteiger partial charge in [0.1, 0.15) is 5.82 Å². The van der Waals surface area contributed by atoms with E-state index in [9.17, 15) is 0 Å². The number of H-pyrrole nitrogens is 1. The molecule has 0 spiro atoms. The molecule has 3 rings (SSSR count). The molecule has 0 aliphatic rings. The van der Waals surface area contributed by atoms with Gasteiger partial charge in [-0.25, -0.2) is 9.97 Å². The molecule has 1 N–H and O–H groups in total. The first kappa shape index (κ1) is 11.4. The summed E-state index contributed by atoms with van der Waals surface area (Å²) in [5, 5.41) is 9.87. The maximum atomic E-state index is 8.73. The molecule has 2 heterocycles. The minimum atomic E-state index is 0.231. The van der Waals surface area contributed by atoms with Crippen molar-refractivity contribution in [2.75, 3.05) is 0 Å². The number of nitriles is 1. The maximum Gasteiger partial charge on any atom is 0.142 e. The summed E-state index contributed by atoms with van der Waals surface area (Å²) in [6, 6.07) is 12.1. The molecule has 4 nitrogen and oxygen atoms in total. The standard InChI is InChI=1S/C15H12N4/c1-10-15(11-4-2-3-5-12(11)18-10)13-7-9-17-14(19-13)6-8-16/h2-5,7,9,18H,6H2,1H3. The summed E-state index contributed by atoms with van der Waals surface area (Å²) in [6.07, 6.45) is 1.94. The average molecular weight is 248 g/mol. The lowest BCUT2D eigenvalue weighted by atomic mass is 10.1. The lowest BCUT2D eigenvalue weighted by Crippen LogP contribution is -1.95. The zero-order valence-corrected chi connectivity index (χ0v) is 10.5. The van der Waals surface area contributed by atoms with Gasteiger partial charge in [0.25, 0.3) is 0 Å². The molecular formula is C15H12N4. The topological polar surface area (TPSA) is 65.4 Å².